The van der Waals surface area contributed by atoms with Gasteiger partial charge in [0.25, 0.3) is 0 Å². The quantitative estimate of drug-likeness (QED) is 0.899. The second-order valence-electron chi connectivity index (χ2n) is 4.10. The SMILES string of the molecule is COc1c(O)cc(Br)c(F)c1CC1(O)CC1. The van der Waals surface area contributed by atoms with Gasteiger partial charge in [-0.1, -0.05) is 0 Å². The lowest BCUT2D eigenvalue weighted by Gasteiger charge is -2.15. The van der Waals surface area contributed by atoms with E-state index in [9.17, 15) is 14.6 Å². The molecule has 0 amide bonds. The van der Waals surface area contributed by atoms with Crippen LogP contribution in [0.3, 0.4) is 0 Å². The van der Waals surface area contributed by atoms with Crippen LogP contribution in [0, 0.1) is 5.82 Å². The molecule has 0 aliphatic heterocycles. The van der Waals surface area contributed by atoms with Crippen LogP contribution >= 0.6 is 15.9 Å². The van der Waals surface area contributed by atoms with Crippen LogP contribution in [0.2, 0.25) is 0 Å². The molecule has 0 atom stereocenters. The lowest BCUT2D eigenvalue weighted by atomic mass is 10.0. The van der Waals surface area contributed by atoms with E-state index < -0.39 is 11.4 Å². The summed E-state index contributed by atoms with van der Waals surface area (Å²) in [5, 5.41) is 19.4. The van der Waals surface area contributed by atoms with Crippen molar-refractivity contribution in [2.24, 2.45) is 0 Å². The Labute approximate surface area is 101 Å². The topological polar surface area (TPSA) is 49.7 Å². The second kappa shape index (κ2) is 3.89. The zero-order chi connectivity index (χ0) is 11.9. The highest BCUT2D eigenvalue weighted by Crippen LogP contribution is 2.44. The van der Waals surface area contributed by atoms with Crippen molar-refractivity contribution in [3.05, 3.63) is 21.9 Å². The fourth-order valence-electron chi connectivity index (χ4n) is 1.68. The summed E-state index contributed by atoms with van der Waals surface area (Å²) in [5.74, 6) is -0.522. The zero-order valence-electron chi connectivity index (χ0n) is 8.76. The lowest BCUT2D eigenvalue weighted by Crippen LogP contribution is -2.13. The number of hydrogen-bond donors (Lipinski definition) is 2. The van der Waals surface area contributed by atoms with Gasteiger partial charge >= 0.3 is 0 Å². The molecular formula is C11H12BrFO3. The van der Waals surface area contributed by atoms with Gasteiger partial charge in [-0.2, -0.15) is 0 Å². The number of phenolic OH excluding ortho intramolecular Hbond substituents is 1. The van der Waals surface area contributed by atoms with E-state index >= 15 is 0 Å². The van der Waals surface area contributed by atoms with Gasteiger partial charge in [0, 0.05) is 18.1 Å². The minimum atomic E-state index is -0.832. The third kappa shape index (κ3) is 2.01. The van der Waals surface area contributed by atoms with Crippen molar-refractivity contribution in [1.29, 1.82) is 0 Å². The highest BCUT2D eigenvalue weighted by atomic mass is 79.9. The molecule has 0 radical (unpaired) electrons. The molecule has 16 heavy (non-hydrogen) atoms. The molecule has 0 heterocycles. The van der Waals surface area contributed by atoms with Crippen molar-refractivity contribution in [3.63, 3.8) is 0 Å². The highest BCUT2D eigenvalue weighted by Gasteiger charge is 2.42. The molecule has 0 aromatic heterocycles. The van der Waals surface area contributed by atoms with E-state index in [4.69, 9.17) is 4.74 Å². The van der Waals surface area contributed by atoms with E-state index in [1.165, 1.54) is 13.2 Å². The Hall–Kier alpha value is -0.810. The second-order valence-corrected chi connectivity index (χ2v) is 4.96. The monoisotopic (exact) mass is 290 g/mol. The van der Waals surface area contributed by atoms with Gasteiger partial charge in [0.2, 0.25) is 0 Å². The third-order valence-corrected chi connectivity index (χ3v) is 3.36. The summed E-state index contributed by atoms with van der Waals surface area (Å²) < 4.78 is 19.0. The van der Waals surface area contributed by atoms with Crippen molar-refractivity contribution in [3.8, 4) is 11.5 Å². The summed E-state index contributed by atoms with van der Waals surface area (Å²) in [4.78, 5) is 0. The Morgan fingerprint density at radius 3 is 2.69 bits per heavy atom. The summed E-state index contributed by atoms with van der Waals surface area (Å²) in [7, 11) is 1.36. The summed E-state index contributed by atoms with van der Waals surface area (Å²) in [5.41, 5.74) is -0.615. The maximum Gasteiger partial charge on any atom is 0.166 e. The predicted octanol–water partition coefficient (Wildman–Crippen LogP) is 2.37. The average Bonchev–Trinajstić information content (AvgIpc) is 2.93. The van der Waals surface area contributed by atoms with E-state index in [2.05, 4.69) is 15.9 Å². The van der Waals surface area contributed by atoms with Gasteiger partial charge in [0.1, 0.15) is 5.82 Å². The van der Waals surface area contributed by atoms with Crippen molar-refractivity contribution in [2.45, 2.75) is 24.9 Å². The molecule has 88 valence electrons. The molecule has 1 aromatic carbocycles. The van der Waals surface area contributed by atoms with Crippen molar-refractivity contribution < 1.29 is 19.3 Å². The van der Waals surface area contributed by atoms with Crippen LogP contribution in [0.1, 0.15) is 18.4 Å². The maximum atomic E-state index is 13.8. The first kappa shape index (κ1) is 11.7. The molecule has 2 rings (SSSR count). The number of aliphatic hydroxyl groups is 1. The largest absolute Gasteiger partial charge is 0.504 e. The number of methoxy groups -OCH3 is 1. The summed E-state index contributed by atoms with van der Waals surface area (Å²) in [6.07, 6.45) is 1.47. The standard InChI is InChI=1S/C11H12BrFO3/c1-16-10-6(5-11(15)2-3-11)9(13)7(12)4-8(10)14/h4,14-15H,2-3,5H2,1H3. The van der Waals surface area contributed by atoms with Crippen LogP contribution in [-0.4, -0.2) is 22.9 Å². The predicted molar refractivity (Wildman–Crippen MR) is 60.2 cm³/mol. The molecule has 0 bridgehead atoms. The van der Waals surface area contributed by atoms with E-state index in [-0.39, 0.29) is 28.0 Å². The number of phenols is 1. The van der Waals surface area contributed by atoms with Gasteiger partial charge in [-0.05, 0) is 28.8 Å². The fourth-order valence-corrected chi connectivity index (χ4v) is 2.14. The molecule has 1 aliphatic carbocycles. The van der Waals surface area contributed by atoms with Gasteiger partial charge in [-0.25, -0.2) is 4.39 Å². The van der Waals surface area contributed by atoms with Crippen LogP contribution < -0.4 is 4.74 Å². The Balaban J connectivity index is 2.47. The number of halogens is 2. The summed E-state index contributed by atoms with van der Waals surface area (Å²) in [6, 6.07) is 1.24. The summed E-state index contributed by atoms with van der Waals surface area (Å²) in [6.45, 7) is 0. The molecule has 2 N–H and O–H groups in total. The number of hydrogen-bond acceptors (Lipinski definition) is 3. The normalized spacial score (nSPS) is 17.2. The van der Waals surface area contributed by atoms with Crippen molar-refractivity contribution >= 4 is 15.9 Å². The molecule has 1 saturated carbocycles. The Morgan fingerprint density at radius 2 is 2.19 bits per heavy atom. The zero-order valence-corrected chi connectivity index (χ0v) is 10.3. The minimum Gasteiger partial charge on any atom is -0.504 e. The number of rotatable bonds is 3. The molecule has 1 fully saturated rings. The lowest BCUT2D eigenvalue weighted by molar-refractivity contribution is 0.148. The van der Waals surface area contributed by atoms with E-state index in [0.717, 1.165) is 0 Å². The third-order valence-electron chi connectivity index (χ3n) is 2.78. The van der Waals surface area contributed by atoms with Crippen molar-refractivity contribution in [2.75, 3.05) is 7.11 Å². The molecule has 0 spiro atoms. The first-order valence-corrected chi connectivity index (χ1v) is 5.72. The van der Waals surface area contributed by atoms with Crippen LogP contribution in [0.25, 0.3) is 0 Å². The molecule has 3 nitrogen and oxygen atoms in total. The Kier molecular flexibility index (Phi) is 2.84. The highest BCUT2D eigenvalue weighted by molar-refractivity contribution is 9.10. The maximum absolute atomic E-state index is 13.8. The molecule has 0 saturated heterocycles. The molecule has 5 heteroatoms. The number of benzene rings is 1. The molecule has 1 aromatic rings. The van der Waals surface area contributed by atoms with Gasteiger partial charge < -0.3 is 14.9 Å². The Bertz CT molecular complexity index is 430. The van der Waals surface area contributed by atoms with Gasteiger partial charge in [0.05, 0.1) is 17.2 Å². The van der Waals surface area contributed by atoms with E-state index in [1.807, 2.05) is 0 Å². The van der Waals surface area contributed by atoms with Crippen LogP contribution in [0.5, 0.6) is 11.5 Å². The minimum absolute atomic E-state index is 0.0982. The van der Waals surface area contributed by atoms with E-state index in [0.29, 0.717) is 12.8 Å². The van der Waals surface area contributed by atoms with Crippen LogP contribution in [-0.2, 0) is 6.42 Å². The molecular weight excluding hydrogens is 279 g/mol. The molecule has 1 aliphatic rings. The van der Waals surface area contributed by atoms with Gasteiger partial charge in [0.15, 0.2) is 11.5 Å². The van der Waals surface area contributed by atoms with Gasteiger partial charge in [-0.15, -0.1) is 0 Å². The van der Waals surface area contributed by atoms with Crippen LogP contribution in [0.4, 0.5) is 4.39 Å². The average molecular weight is 291 g/mol. The number of aromatic hydroxyl groups is 1. The van der Waals surface area contributed by atoms with Gasteiger partial charge in [-0.3, -0.25) is 0 Å². The van der Waals surface area contributed by atoms with Crippen molar-refractivity contribution in [1.82, 2.24) is 0 Å². The fraction of sp³-hybridized carbons (Fsp3) is 0.455. The smallest absolute Gasteiger partial charge is 0.166 e. The first-order valence-electron chi connectivity index (χ1n) is 4.93. The first-order chi connectivity index (χ1) is 7.47. The Morgan fingerprint density at radius 1 is 1.56 bits per heavy atom. The van der Waals surface area contributed by atoms with E-state index in [1.54, 1.807) is 0 Å². The van der Waals surface area contributed by atoms with Crippen LogP contribution in [0.15, 0.2) is 10.5 Å². The number of ether oxygens (including phenoxy) is 1. The summed E-state index contributed by atoms with van der Waals surface area (Å²) >= 11 is 3.02. The molecule has 0 unspecified atom stereocenters.